The molecule has 0 bridgehead atoms. The van der Waals surface area contributed by atoms with Gasteiger partial charge in [0.2, 0.25) is 0 Å². The zero-order valence-electron chi connectivity index (χ0n) is 11.7. The summed E-state index contributed by atoms with van der Waals surface area (Å²) in [6, 6.07) is 0.404. The van der Waals surface area contributed by atoms with Gasteiger partial charge in [-0.15, -0.1) is 0 Å². The van der Waals surface area contributed by atoms with Crippen molar-refractivity contribution in [2.45, 2.75) is 39.2 Å². The van der Waals surface area contributed by atoms with Crippen LogP contribution in [-0.2, 0) is 4.74 Å². The van der Waals surface area contributed by atoms with Gasteiger partial charge in [0.05, 0.1) is 19.5 Å². The molecule has 19 heavy (non-hydrogen) atoms. The molecule has 0 saturated heterocycles. The van der Waals surface area contributed by atoms with E-state index in [2.05, 4.69) is 33.9 Å². The maximum absolute atomic E-state index is 11.4. The lowest BCUT2D eigenvalue weighted by molar-refractivity contribution is 0.0593. The average Bonchev–Trinajstić information content (AvgIpc) is 2.37. The summed E-state index contributed by atoms with van der Waals surface area (Å²) in [5, 5.41) is 3.38. The first kappa shape index (κ1) is 13.8. The summed E-state index contributed by atoms with van der Waals surface area (Å²) < 4.78 is 4.65. The van der Waals surface area contributed by atoms with Crippen molar-refractivity contribution in [2.75, 3.05) is 12.4 Å². The Morgan fingerprint density at radius 2 is 1.95 bits per heavy atom. The molecule has 5 heteroatoms. The summed E-state index contributed by atoms with van der Waals surface area (Å²) in [6.45, 7) is 4.56. The Kier molecular flexibility index (Phi) is 4.35. The van der Waals surface area contributed by atoms with Crippen molar-refractivity contribution in [3.8, 4) is 0 Å². The molecule has 0 amide bonds. The fourth-order valence-corrected chi connectivity index (χ4v) is 2.91. The largest absolute Gasteiger partial charge is 0.464 e. The van der Waals surface area contributed by atoms with Crippen molar-refractivity contribution in [3.63, 3.8) is 0 Å². The maximum Gasteiger partial charge on any atom is 0.358 e. The van der Waals surface area contributed by atoms with Gasteiger partial charge in [-0.3, -0.25) is 4.98 Å². The lowest BCUT2D eigenvalue weighted by Crippen LogP contribution is -2.30. The Hall–Kier alpha value is -1.65. The number of aromatic nitrogens is 2. The second-order valence-electron chi connectivity index (χ2n) is 5.54. The highest BCUT2D eigenvalue weighted by molar-refractivity contribution is 5.87. The molecule has 0 aromatic carbocycles. The van der Waals surface area contributed by atoms with E-state index >= 15 is 0 Å². The number of rotatable bonds is 3. The SMILES string of the molecule is COC(=O)c1cncc(NC2CC(C)CC(C)C2)n1. The quantitative estimate of drug-likeness (QED) is 0.849. The van der Waals surface area contributed by atoms with E-state index in [9.17, 15) is 4.79 Å². The van der Waals surface area contributed by atoms with Crippen molar-refractivity contribution < 1.29 is 9.53 Å². The van der Waals surface area contributed by atoms with E-state index in [1.54, 1.807) is 6.20 Å². The number of ether oxygens (including phenoxy) is 1. The molecule has 1 saturated carbocycles. The summed E-state index contributed by atoms with van der Waals surface area (Å²) in [6.07, 6.45) is 6.62. The van der Waals surface area contributed by atoms with Gasteiger partial charge in [-0.25, -0.2) is 9.78 Å². The van der Waals surface area contributed by atoms with E-state index in [-0.39, 0.29) is 5.69 Å². The topological polar surface area (TPSA) is 64.1 Å². The third-order valence-electron chi connectivity index (χ3n) is 3.56. The molecule has 1 fully saturated rings. The van der Waals surface area contributed by atoms with Gasteiger partial charge in [-0.1, -0.05) is 13.8 Å². The standard InChI is InChI=1S/C14H21N3O2/c1-9-4-10(2)6-11(5-9)16-13-8-15-7-12(17-13)14(18)19-3/h7-11H,4-6H2,1-3H3,(H,16,17). The zero-order chi connectivity index (χ0) is 13.8. The third-order valence-corrected chi connectivity index (χ3v) is 3.56. The van der Waals surface area contributed by atoms with Crippen molar-refractivity contribution in [1.29, 1.82) is 0 Å². The van der Waals surface area contributed by atoms with Crippen molar-refractivity contribution in [2.24, 2.45) is 11.8 Å². The first-order valence-electron chi connectivity index (χ1n) is 6.75. The summed E-state index contributed by atoms with van der Waals surface area (Å²) in [7, 11) is 1.34. The van der Waals surface area contributed by atoms with Crippen LogP contribution < -0.4 is 5.32 Å². The highest BCUT2D eigenvalue weighted by Crippen LogP contribution is 2.30. The predicted octanol–water partition coefficient (Wildman–Crippen LogP) is 2.50. The van der Waals surface area contributed by atoms with Gasteiger partial charge in [0.15, 0.2) is 5.69 Å². The van der Waals surface area contributed by atoms with Crippen LogP contribution in [0.15, 0.2) is 12.4 Å². The molecule has 2 rings (SSSR count). The lowest BCUT2D eigenvalue weighted by atomic mass is 9.80. The number of hydrogen-bond donors (Lipinski definition) is 1. The first-order chi connectivity index (χ1) is 9.08. The molecule has 1 N–H and O–H groups in total. The second-order valence-corrected chi connectivity index (χ2v) is 5.54. The Morgan fingerprint density at radius 1 is 1.26 bits per heavy atom. The Bertz CT molecular complexity index is 440. The lowest BCUT2D eigenvalue weighted by Gasteiger charge is -2.32. The van der Waals surface area contributed by atoms with Crippen LogP contribution in [0.3, 0.4) is 0 Å². The zero-order valence-corrected chi connectivity index (χ0v) is 11.7. The molecule has 2 unspecified atom stereocenters. The molecule has 104 valence electrons. The molecule has 0 spiro atoms. The second kappa shape index (κ2) is 5.99. The Labute approximate surface area is 113 Å². The number of nitrogens with one attached hydrogen (secondary N) is 1. The van der Waals surface area contributed by atoms with E-state index in [1.165, 1.54) is 19.7 Å². The fraction of sp³-hybridized carbons (Fsp3) is 0.643. The van der Waals surface area contributed by atoms with Crippen LogP contribution in [-0.4, -0.2) is 29.1 Å². The average molecular weight is 263 g/mol. The summed E-state index contributed by atoms with van der Waals surface area (Å²) in [5.74, 6) is 1.63. The molecule has 0 radical (unpaired) electrons. The van der Waals surface area contributed by atoms with E-state index in [0.29, 0.717) is 11.9 Å². The summed E-state index contributed by atoms with van der Waals surface area (Å²) >= 11 is 0. The Balaban J connectivity index is 2.04. The third kappa shape index (κ3) is 3.66. The number of carbonyl (C=O) groups is 1. The minimum Gasteiger partial charge on any atom is -0.464 e. The molecule has 1 aliphatic carbocycles. The van der Waals surface area contributed by atoms with Crippen LogP contribution in [0, 0.1) is 11.8 Å². The number of nitrogens with zero attached hydrogens (tertiary/aromatic N) is 2. The van der Waals surface area contributed by atoms with E-state index in [0.717, 1.165) is 24.7 Å². The number of anilines is 1. The molecule has 1 heterocycles. The van der Waals surface area contributed by atoms with Gasteiger partial charge in [0.1, 0.15) is 5.82 Å². The van der Waals surface area contributed by atoms with E-state index in [4.69, 9.17) is 0 Å². The number of carbonyl (C=O) groups excluding carboxylic acids is 1. The molecule has 1 aromatic rings. The fourth-order valence-electron chi connectivity index (χ4n) is 2.91. The van der Waals surface area contributed by atoms with Crippen LogP contribution in [0.2, 0.25) is 0 Å². The van der Waals surface area contributed by atoms with Gasteiger partial charge >= 0.3 is 5.97 Å². The Morgan fingerprint density at radius 3 is 2.58 bits per heavy atom. The van der Waals surface area contributed by atoms with Gasteiger partial charge in [-0.2, -0.15) is 0 Å². The molecule has 1 aromatic heterocycles. The highest BCUT2D eigenvalue weighted by atomic mass is 16.5. The molecule has 1 aliphatic rings. The molecular weight excluding hydrogens is 242 g/mol. The molecule has 2 atom stereocenters. The van der Waals surface area contributed by atoms with Crippen molar-refractivity contribution in [3.05, 3.63) is 18.1 Å². The van der Waals surface area contributed by atoms with Crippen LogP contribution in [0.1, 0.15) is 43.6 Å². The molecule has 5 nitrogen and oxygen atoms in total. The number of methoxy groups -OCH3 is 1. The highest BCUT2D eigenvalue weighted by Gasteiger charge is 2.24. The van der Waals surface area contributed by atoms with E-state index < -0.39 is 5.97 Å². The smallest absolute Gasteiger partial charge is 0.358 e. The summed E-state index contributed by atoms with van der Waals surface area (Å²) in [4.78, 5) is 19.7. The monoisotopic (exact) mass is 263 g/mol. The minimum atomic E-state index is -0.457. The van der Waals surface area contributed by atoms with Crippen molar-refractivity contribution in [1.82, 2.24) is 9.97 Å². The minimum absolute atomic E-state index is 0.240. The normalized spacial score (nSPS) is 26.8. The van der Waals surface area contributed by atoms with E-state index in [1.807, 2.05) is 0 Å². The molecule has 0 aliphatic heterocycles. The van der Waals surface area contributed by atoms with Gasteiger partial charge in [0.25, 0.3) is 0 Å². The first-order valence-corrected chi connectivity index (χ1v) is 6.75. The number of hydrogen-bond acceptors (Lipinski definition) is 5. The van der Waals surface area contributed by atoms with Crippen LogP contribution >= 0.6 is 0 Å². The van der Waals surface area contributed by atoms with Gasteiger partial charge in [-0.05, 0) is 31.1 Å². The maximum atomic E-state index is 11.4. The van der Waals surface area contributed by atoms with Crippen LogP contribution in [0.4, 0.5) is 5.82 Å². The van der Waals surface area contributed by atoms with Crippen LogP contribution in [0.5, 0.6) is 0 Å². The van der Waals surface area contributed by atoms with Gasteiger partial charge in [0, 0.05) is 6.04 Å². The predicted molar refractivity (Wildman–Crippen MR) is 73.0 cm³/mol. The summed E-state index contributed by atoms with van der Waals surface area (Å²) in [5.41, 5.74) is 0.240. The molecular formula is C14H21N3O2. The number of esters is 1. The van der Waals surface area contributed by atoms with Crippen molar-refractivity contribution >= 4 is 11.8 Å². The van der Waals surface area contributed by atoms with Crippen LogP contribution in [0.25, 0.3) is 0 Å². The van der Waals surface area contributed by atoms with Gasteiger partial charge < -0.3 is 10.1 Å².